The van der Waals surface area contributed by atoms with E-state index in [0.29, 0.717) is 13.2 Å². The van der Waals surface area contributed by atoms with E-state index >= 15 is 0 Å². The fraction of sp³-hybridized carbons (Fsp3) is 0.212. The molecule has 0 saturated carbocycles. The highest BCUT2D eigenvalue weighted by Crippen LogP contribution is 2.40. The van der Waals surface area contributed by atoms with Crippen LogP contribution in [0.5, 0.6) is 0 Å². The molecular weight excluding hydrogens is 428 g/mol. The van der Waals surface area contributed by atoms with Gasteiger partial charge in [-0.25, -0.2) is 0 Å². The fourth-order valence-corrected chi connectivity index (χ4v) is 4.42. The van der Waals surface area contributed by atoms with Crippen molar-refractivity contribution in [2.24, 2.45) is 5.92 Å². The summed E-state index contributed by atoms with van der Waals surface area (Å²) in [5.41, 5.74) is 3.68. The largest absolute Gasteiger partial charge is 0.361 e. The van der Waals surface area contributed by atoms with Crippen LogP contribution in [0.4, 0.5) is 0 Å². The Morgan fingerprint density at radius 2 is 1.11 bits per heavy atom. The van der Waals surface area contributed by atoms with Crippen LogP contribution in [0.15, 0.2) is 121 Å². The predicted molar refractivity (Wildman–Crippen MR) is 143 cm³/mol. The molecule has 0 aliphatic carbocycles. The summed E-state index contributed by atoms with van der Waals surface area (Å²) in [4.78, 5) is 0. The summed E-state index contributed by atoms with van der Waals surface area (Å²) in [5, 5.41) is 0. The van der Waals surface area contributed by atoms with Crippen molar-refractivity contribution >= 4 is 0 Å². The van der Waals surface area contributed by atoms with Gasteiger partial charge in [0.05, 0.1) is 13.2 Å². The summed E-state index contributed by atoms with van der Waals surface area (Å²) >= 11 is 0. The zero-order valence-electron chi connectivity index (χ0n) is 20.2. The fourth-order valence-electron chi connectivity index (χ4n) is 4.42. The minimum Gasteiger partial charge on any atom is -0.361 e. The quantitative estimate of drug-likeness (QED) is 0.173. The lowest BCUT2D eigenvalue weighted by atomic mass is 9.80. The minimum atomic E-state index is -0.728. The molecule has 0 radical (unpaired) electrons. The monoisotopic (exact) mass is 460 g/mol. The topological polar surface area (TPSA) is 18.5 Å². The van der Waals surface area contributed by atoms with Crippen LogP contribution in [0.3, 0.4) is 0 Å². The van der Waals surface area contributed by atoms with E-state index in [2.05, 4.69) is 85.6 Å². The minimum absolute atomic E-state index is 0.197. The maximum Gasteiger partial charge on any atom is 0.143 e. The molecule has 2 heteroatoms. The van der Waals surface area contributed by atoms with Gasteiger partial charge in [0.1, 0.15) is 11.7 Å². The zero-order chi connectivity index (χ0) is 24.3. The van der Waals surface area contributed by atoms with Crippen LogP contribution >= 0.6 is 0 Å². The van der Waals surface area contributed by atoms with Crippen LogP contribution in [0, 0.1) is 18.3 Å². The SMILES string of the molecule is C#C[C@H](C[C@H](C)COC(c1ccccc1)(c1ccccc1)c1ccccc1)OCc1ccccc1. The Bertz CT molecular complexity index is 1080. The van der Waals surface area contributed by atoms with E-state index in [9.17, 15) is 0 Å². The van der Waals surface area contributed by atoms with Crippen molar-refractivity contribution in [3.05, 3.63) is 144 Å². The van der Waals surface area contributed by atoms with Gasteiger partial charge >= 0.3 is 0 Å². The first-order chi connectivity index (χ1) is 17.2. The molecule has 0 aliphatic rings. The average molecular weight is 461 g/mol. The molecule has 0 spiro atoms. The second kappa shape index (κ2) is 12.2. The first-order valence-electron chi connectivity index (χ1n) is 12.1. The molecule has 4 rings (SSSR count). The van der Waals surface area contributed by atoms with Gasteiger partial charge < -0.3 is 9.47 Å². The van der Waals surface area contributed by atoms with E-state index in [1.807, 2.05) is 48.5 Å². The Morgan fingerprint density at radius 1 is 0.686 bits per heavy atom. The van der Waals surface area contributed by atoms with Gasteiger partial charge in [0, 0.05) is 0 Å². The summed E-state index contributed by atoms with van der Waals surface area (Å²) in [6.45, 7) is 3.21. The van der Waals surface area contributed by atoms with Gasteiger partial charge in [-0.1, -0.05) is 134 Å². The van der Waals surface area contributed by atoms with Crippen LogP contribution in [0.25, 0.3) is 0 Å². The molecule has 0 aliphatic heterocycles. The summed E-state index contributed by atoms with van der Waals surface area (Å²) in [6, 6.07) is 41.4. The molecule has 2 nitrogen and oxygen atoms in total. The smallest absolute Gasteiger partial charge is 0.143 e. The zero-order valence-corrected chi connectivity index (χ0v) is 20.2. The second-order valence-corrected chi connectivity index (χ2v) is 8.88. The lowest BCUT2D eigenvalue weighted by Gasteiger charge is -2.37. The van der Waals surface area contributed by atoms with Gasteiger partial charge in [-0.05, 0) is 34.6 Å². The van der Waals surface area contributed by atoms with Crippen LogP contribution < -0.4 is 0 Å². The molecule has 0 unspecified atom stereocenters. The van der Waals surface area contributed by atoms with Crippen LogP contribution in [0.2, 0.25) is 0 Å². The van der Waals surface area contributed by atoms with Crippen molar-refractivity contribution in [3.8, 4) is 12.3 Å². The normalized spacial score (nSPS) is 13.0. The third kappa shape index (κ3) is 6.08. The van der Waals surface area contributed by atoms with Crippen LogP contribution in [-0.4, -0.2) is 12.7 Å². The molecule has 0 aromatic heterocycles. The molecule has 4 aromatic rings. The highest BCUT2D eigenvalue weighted by Gasteiger charge is 2.37. The van der Waals surface area contributed by atoms with Crippen molar-refractivity contribution in [1.29, 1.82) is 0 Å². The standard InChI is InChI=1S/C33H32O2/c1-3-32(34-26-28-16-8-4-9-17-28)24-27(2)25-35-33(29-18-10-5-11-19-29,30-20-12-6-13-21-30)31-22-14-7-15-23-31/h1,4-23,27,32H,24-26H2,2H3/t27-,32+/m0/s1. The summed E-state index contributed by atoms with van der Waals surface area (Å²) in [5.74, 6) is 3.01. The Hall–Kier alpha value is -3.64. The molecule has 4 aromatic carbocycles. The molecule has 35 heavy (non-hydrogen) atoms. The summed E-state index contributed by atoms with van der Waals surface area (Å²) in [6.07, 6.45) is 6.27. The van der Waals surface area contributed by atoms with E-state index < -0.39 is 5.60 Å². The van der Waals surface area contributed by atoms with Gasteiger partial charge in [0.2, 0.25) is 0 Å². The lowest BCUT2D eigenvalue weighted by Crippen LogP contribution is -2.35. The van der Waals surface area contributed by atoms with E-state index in [1.165, 1.54) is 0 Å². The number of ether oxygens (including phenoxy) is 2. The summed E-state index contributed by atoms with van der Waals surface area (Å²) in [7, 11) is 0. The maximum absolute atomic E-state index is 6.93. The second-order valence-electron chi connectivity index (χ2n) is 8.88. The van der Waals surface area contributed by atoms with Crippen LogP contribution in [0.1, 0.15) is 35.6 Å². The number of benzene rings is 4. The number of rotatable bonds is 11. The van der Waals surface area contributed by atoms with Crippen molar-refractivity contribution in [3.63, 3.8) is 0 Å². The van der Waals surface area contributed by atoms with Crippen molar-refractivity contribution < 1.29 is 9.47 Å². The Morgan fingerprint density at radius 3 is 1.54 bits per heavy atom. The Labute approximate surface area is 209 Å². The molecule has 2 atom stereocenters. The molecule has 0 heterocycles. The van der Waals surface area contributed by atoms with E-state index in [-0.39, 0.29) is 12.0 Å². The van der Waals surface area contributed by atoms with Gasteiger partial charge in [0.15, 0.2) is 0 Å². The Kier molecular flexibility index (Phi) is 8.52. The number of terminal acetylenes is 1. The van der Waals surface area contributed by atoms with Crippen molar-refractivity contribution in [1.82, 2.24) is 0 Å². The average Bonchev–Trinajstić information content (AvgIpc) is 2.94. The summed E-state index contributed by atoms with van der Waals surface area (Å²) < 4.78 is 13.0. The molecule has 0 saturated heterocycles. The molecule has 0 N–H and O–H groups in total. The lowest BCUT2D eigenvalue weighted by molar-refractivity contribution is -0.0180. The van der Waals surface area contributed by atoms with E-state index in [0.717, 1.165) is 28.7 Å². The van der Waals surface area contributed by atoms with Gasteiger partial charge in [-0.3, -0.25) is 0 Å². The molecule has 0 fully saturated rings. The van der Waals surface area contributed by atoms with Gasteiger partial charge in [0.25, 0.3) is 0 Å². The van der Waals surface area contributed by atoms with Crippen molar-refractivity contribution in [2.45, 2.75) is 31.7 Å². The highest BCUT2D eigenvalue weighted by atomic mass is 16.5. The van der Waals surface area contributed by atoms with Gasteiger partial charge in [-0.2, -0.15) is 0 Å². The third-order valence-electron chi connectivity index (χ3n) is 6.22. The molecule has 0 bridgehead atoms. The maximum atomic E-state index is 6.93. The predicted octanol–water partition coefficient (Wildman–Crippen LogP) is 7.24. The Balaban J connectivity index is 1.56. The highest BCUT2D eigenvalue weighted by molar-refractivity contribution is 5.47. The number of hydrogen-bond acceptors (Lipinski definition) is 2. The van der Waals surface area contributed by atoms with Gasteiger partial charge in [-0.15, -0.1) is 6.42 Å². The molecular formula is C33H32O2. The van der Waals surface area contributed by atoms with Crippen LogP contribution in [-0.2, 0) is 21.7 Å². The number of hydrogen-bond donors (Lipinski definition) is 0. The first kappa shape index (κ1) is 24.5. The van der Waals surface area contributed by atoms with E-state index in [1.54, 1.807) is 0 Å². The van der Waals surface area contributed by atoms with E-state index in [4.69, 9.17) is 15.9 Å². The molecule has 176 valence electrons. The van der Waals surface area contributed by atoms with Crippen molar-refractivity contribution in [2.75, 3.05) is 6.61 Å². The first-order valence-corrected chi connectivity index (χ1v) is 12.1. The molecule has 0 amide bonds. The third-order valence-corrected chi connectivity index (χ3v) is 6.22.